The van der Waals surface area contributed by atoms with Crippen LogP contribution in [0.5, 0.6) is 5.75 Å². The van der Waals surface area contributed by atoms with Gasteiger partial charge < -0.3 is 31.4 Å². The molecule has 12 nitrogen and oxygen atoms in total. The lowest BCUT2D eigenvalue weighted by Gasteiger charge is -2.18. The molecule has 0 saturated carbocycles. The van der Waals surface area contributed by atoms with Crippen molar-refractivity contribution in [2.45, 2.75) is 13.1 Å². The van der Waals surface area contributed by atoms with E-state index >= 15 is 0 Å². The number of nitrogens with zero attached hydrogens (tertiary/aromatic N) is 2. The van der Waals surface area contributed by atoms with Crippen molar-refractivity contribution in [1.82, 2.24) is 25.6 Å². The number of amidine groups is 1. The van der Waals surface area contributed by atoms with Crippen molar-refractivity contribution in [2.75, 3.05) is 11.9 Å². The van der Waals surface area contributed by atoms with Crippen LogP contribution in [-0.2, 0) is 17.9 Å². The van der Waals surface area contributed by atoms with Crippen molar-refractivity contribution in [3.63, 3.8) is 0 Å². The normalized spacial score (nSPS) is 12.3. The number of rotatable bonds is 7. The number of aromatic nitrogens is 3. The number of nitrogen functional groups attached to an aromatic ring is 1. The van der Waals surface area contributed by atoms with Crippen molar-refractivity contribution >= 4 is 40.3 Å². The molecular formula is C25H22N8O4. The van der Waals surface area contributed by atoms with Crippen LogP contribution in [0.2, 0.25) is 0 Å². The average Bonchev–Trinajstić information content (AvgIpc) is 3.35. The Kier molecular flexibility index (Phi) is 6.20. The van der Waals surface area contributed by atoms with E-state index in [1.807, 2.05) is 0 Å². The van der Waals surface area contributed by atoms with E-state index in [9.17, 15) is 14.4 Å². The molecule has 186 valence electrons. The predicted octanol–water partition coefficient (Wildman–Crippen LogP) is 1.43. The molecule has 7 N–H and O–H groups in total. The molecule has 1 aliphatic rings. The Labute approximate surface area is 210 Å². The number of ether oxygens (including phenoxy) is 1. The van der Waals surface area contributed by atoms with E-state index in [1.54, 1.807) is 42.5 Å². The van der Waals surface area contributed by atoms with E-state index in [2.05, 4.69) is 30.9 Å². The van der Waals surface area contributed by atoms with Gasteiger partial charge >= 0.3 is 0 Å². The van der Waals surface area contributed by atoms with E-state index in [4.69, 9.17) is 15.9 Å². The highest BCUT2D eigenvalue weighted by atomic mass is 16.5. The van der Waals surface area contributed by atoms with Crippen LogP contribution in [0.4, 0.5) is 5.69 Å². The molecule has 2 aromatic carbocycles. The highest BCUT2D eigenvalue weighted by Crippen LogP contribution is 2.28. The summed E-state index contributed by atoms with van der Waals surface area (Å²) in [6, 6.07) is 12.2. The smallest absolute Gasteiger partial charge is 0.272 e. The minimum atomic E-state index is -0.454. The lowest BCUT2D eigenvalue weighted by molar-refractivity contribution is -0.118. The van der Waals surface area contributed by atoms with Gasteiger partial charge in [-0.15, -0.1) is 0 Å². The minimum absolute atomic E-state index is 0.0281. The molecule has 12 heteroatoms. The number of aromatic amines is 1. The molecule has 0 fully saturated rings. The Morgan fingerprint density at radius 1 is 1.03 bits per heavy atom. The molecule has 3 amide bonds. The molecular weight excluding hydrogens is 476 g/mol. The third kappa shape index (κ3) is 4.93. The number of nitrogens with one attached hydrogen (secondary N) is 5. The molecule has 0 bridgehead atoms. The Hall–Kier alpha value is -5.26. The van der Waals surface area contributed by atoms with Gasteiger partial charge in [0.1, 0.15) is 23.4 Å². The first-order valence-electron chi connectivity index (χ1n) is 11.3. The first-order valence-corrected chi connectivity index (χ1v) is 11.3. The monoisotopic (exact) mass is 498 g/mol. The zero-order valence-corrected chi connectivity index (χ0v) is 19.4. The Balaban J connectivity index is 1.26. The van der Waals surface area contributed by atoms with E-state index in [-0.39, 0.29) is 48.6 Å². The van der Waals surface area contributed by atoms with Crippen molar-refractivity contribution < 1.29 is 19.1 Å². The van der Waals surface area contributed by atoms with Crippen LogP contribution in [0.1, 0.15) is 37.5 Å². The van der Waals surface area contributed by atoms with Crippen LogP contribution in [-0.4, -0.2) is 45.1 Å². The molecule has 4 aromatic rings. The van der Waals surface area contributed by atoms with Gasteiger partial charge in [0.15, 0.2) is 12.3 Å². The van der Waals surface area contributed by atoms with Crippen LogP contribution in [0, 0.1) is 5.41 Å². The standard InChI is InChI=1S/C25H22N8O4/c26-23(27)15-4-1-13(2-5-15)8-29-24(35)16-10-28-21-20(16)31-12-32-22(21)25(36)30-9-14-3-6-18-17(7-14)33-19(34)11-37-18/h1-7,10,12,28H,8-9,11H2,(H3,26,27)(H,29,35)(H,30,36)(H,33,34). The molecule has 0 atom stereocenters. The first-order chi connectivity index (χ1) is 17.9. The fourth-order valence-corrected chi connectivity index (χ4v) is 3.87. The molecule has 3 heterocycles. The average molecular weight is 499 g/mol. The third-order valence-electron chi connectivity index (χ3n) is 5.77. The number of H-pyrrole nitrogens is 1. The Morgan fingerprint density at radius 3 is 2.54 bits per heavy atom. The maximum absolute atomic E-state index is 12.9. The molecule has 37 heavy (non-hydrogen) atoms. The Morgan fingerprint density at radius 2 is 1.76 bits per heavy atom. The van der Waals surface area contributed by atoms with Crippen molar-refractivity contribution in [3.8, 4) is 5.75 Å². The zero-order valence-electron chi connectivity index (χ0n) is 19.4. The second-order valence-electron chi connectivity index (χ2n) is 8.29. The number of benzene rings is 2. The number of hydrogen-bond donors (Lipinski definition) is 6. The summed E-state index contributed by atoms with van der Waals surface area (Å²) in [5, 5.41) is 15.8. The third-order valence-corrected chi connectivity index (χ3v) is 5.77. The van der Waals surface area contributed by atoms with Gasteiger partial charge in [-0.1, -0.05) is 30.3 Å². The van der Waals surface area contributed by atoms with E-state index in [1.165, 1.54) is 12.5 Å². The molecule has 1 aliphatic heterocycles. The van der Waals surface area contributed by atoms with Gasteiger partial charge in [-0.3, -0.25) is 19.8 Å². The number of carbonyl (C=O) groups excluding carboxylic acids is 3. The SMILES string of the molecule is N=C(N)c1ccc(CNC(=O)c2c[nH]c3c(C(=O)NCc4ccc5c(c4)NC(=O)CO5)ncnc23)cc1. The summed E-state index contributed by atoms with van der Waals surface area (Å²) in [6.45, 7) is 0.412. The summed E-state index contributed by atoms with van der Waals surface area (Å²) in [6.07, 6.45) is 2.71. The molecule has 0 saturated heterocycles. The van der Waals surface area contributed by atoms with Gasteiger partial charge in [0, 0.05) is 24.8 Å². The second kappa shape index (κ2) is 9.77. The largest absolute Gasteiger partial charge is 0.482 e. The summed E-state index contributed by atoms with van der Waals surface area (Å²) in [4.78, 5) is 48.5. The van der Waals surface area contributed by atoms with E-state index < -0.39 is 5.91 Å². The van der Waals surface area contributed by atoms with Gasteiger partial charge in [0.05, 0.1) is 16.8 Å². The summed E-state index contributed by atoms with van der Waals surface area (Å²) in [5.74, 6) is -0.526. The fraction of sp³-hybridized carbons (Fsp3) is 0.120. The molecule has 0 aliphatic carbocycles. The minimum Gasteiger partial charge on any atom is -0.482 e. The van der Waals surface area contributed by atoms with Gasteiger partial charge in [-0.05, 0) is 23.3 Å². The van der Waals surface area contributed by atoms with Gasteiger partial charge in [-0.2, -0.15) is 0 Å². The molecule has 2 aromatic heterocycles. The van der Waals surface area contributed by atoms with E-state index in [0.29, 0.717) is 28.0 Å². The van der Waals surface area contributed by atoms with Gasteiger partial charge in [0.2, 0.25) is 0 Å². The van der Waals surface area contributed by atoms with Gasteiger partial charge in [0.25, 0.3) is 17.7 Å². The number of carbonyl (C=O) groups is 3. The highest BCUT2D eigenvalue weighted by molar-refractivity contribution is 6.10. The maximum atomic E-state index is 12.9. The first kappa shape index (κ1) is 23.5. The van der Waals surface area contributed by atoms with Gasteiger partial charge in [-0.25, -0.2) is 9.97 Å². The van der Waals surface area contributed by atoms with Crippen molar-refractivity contribution in [1.29, 1.82) is 5.41 Å². The number of fused-ring (bicyclic) bond motifs is 2. The predicted molar refractivity (Wildman–Crippen MR) is 134 cm³/mol. The van der Waals surface area contributed by atoms with Crippen molar-refractivity contribution in [3.05, 3.63) is 82.9 Å². The summed E-state index contributed by atoms with van der Waals surface area (Å²) >= 11 is 0. The summed E-state index contributed by atoms with van der Waals surface area (Å²) < 4.78 is 5.35. The number of anilines is 1. The molecule has 0 radical (unpaired) electrons. The highest BCUT2D eigenvalue weighted by Gasteiger charge is 2.20. The van der Waals surface area contributed by atoms with Crippen LogP contribution in [0.15, 0.2) is 55.0 Å². The molecule has 0 spiro atoms. The summed E-state index contributed by atoms with van der Waals surface area (Å²) in [7, 11) is 0. The fourth-order valence-electron chi connectivity index (χ4n) is 3.87. The quantitative estimate of drug-likeness (QED) is 0.164. The van der Waals surface area contributed by atoms with Crippen LogP contribution >= 0.6 is 0 Å². The number of nitrogens with two attached hydrogens (primary N) is 1. The van der Waals surface area contributed by atoms with Crippen LogP contribution in [0.3, 0.4) is 0 Å². The second-order valence-corrected chi connectivity index (χ2v) is 8.29. The summed E-state index contributed by atoms with van der Waals surface area (Å²) in [5.41, 5.74) is 9.22. The van der Waals surface area contributed by atoms with Crippen LogP contribution in [0.25, 0.3) is 11.0 Å². The Bertz CT molecular complexity index is 1540. The number of amides is 3. The maximum Gasteiger partial charge on any atom is 0.272 e. The van der Waals surface area contributed by atoms with Crippen molar-refractivity contribution in [2.24, 2.45) is 5.73 Å². The van der Waals surface area contributed by atoms with Crippen LogP contribution < -0.4 is 26.4 Å². The topological polar surface area (TPSA) is 188 Å². The zero-order chi connectivity index (χ0) is 25.9. The molecule has 0 unspecified atom stereocenters. The lowest BCUT2D eigenvalue weighted by atomic mass is 10.1. The van der Waals surface area contributed by atoms with E-state index in [0.717, 1.165) is 11.1 Å². The molecule has 5 rings (SSSR count). The lowest BCUT2D eigenvalue weighted by Crippen LogP contribution is -2.26. The number of hydrogen-bond acceptors (Lipinski definition) is 7.